The van der Waals surface area contributed by atoms with Crippen LogP contribution in [0, 0.1) is 12.8 Å². The van der Waals surface area contributed by atoms with Gasteiger partial charge in [0.25, 0.3) is 5.91 Å². The molecule has 0 saturated carbocycles. The molecule has 2 amide bonds. The molecular formula is C17H19BrN2O2S. The molecule has 0 unspecified atom stereocenters. The largest absolute Gasteiger partial charge is 0.339 e. The van der Waals surface area contributed by atoms with Crippen LogP contribution in [0.3, 0.4) is 0 Å². The SMILES string of the molecule is Cc1cc(NC(=O)[C@H](NC(=O)c2cccs2)C(C)C)ccc1Br. The summed E-state index contributed by atoms with van der Waals surface area (Å²) in [5.74, 6) is -0.456. The van der Waals surface area contributed by atoms with Crippen molar-refractivity contribution < 1.29 is 9.59 Å². The Hall–Kier alpha value is -1.66. The van der Waals surface area contributed by atoms with Gasteiger partial charge in [-0.1, -0.05) is 35.8 Å². The monoisotopic (exact) mass is 394 g/mol. The van der Waals surface area contributed by atoms with Gasteiger partial charge in [0, 0.05) is 10.2 Å². The quantitative estimate of drug-likeness (QED) is 0.797. The third kappa shape index (κ3) is 4.65. The molecule has 0 aliphatic rings. The normalized spacial score (nSPS) is 12.0. The van der Waals surface area contributed by atoms with Crippen LogP contribution >= 0.6 is 27.3 Å². The number of nitrogens with one attached hydrogen (secondary N) is 2. The molecule has 0 fully saturated rings. The number of thiophene rings is 1. The fourth-order valence-electron chi connectivity index (χ4n) is 2.10. The van der Waals surface area contributed by atoms with E-state index in [1.54, 1.807) is 6.07 Å². The van der Waals surface area contributed by atoms with Crippen LogP contribution in [0.1, 0.15) is 29.1 Å². The average Bonchev–Trinajstić information content (AvgIpc) is 3.02. The summed E-state index contributed by atoms with van der Waals surface area (Å²) in [6, 6.07) is 8.57. The highest BCUT2D eigenvalue weighted by Crippen LogP contribution is 2.20. The molecule has 1 aromatic carbocycles. The lowest BCUT2D eigenvalue weighted by Crippen LogP contribution is -2.46. The van der Waals surface area contributed by atoms with Gasteiger partial charge in [0.2, 0.25) is 5.91 Å². The molecule has 4 nitrogen and oxygen atoms in total. The number of anilines is 1. The smallest absolute Gasteiger partial charge is 0.262 e. The number of benzene rings is 1. The van der Waals surface area contributed by atoms with Crippen molar-refractivity contribution in [1.29, 1.82) is 0 Å². The Bertz CT molecular complexity index is 699. The molecule has 0 radical (unpaired) electrons. The summed E-state index contributed by atoms with van der Waals surface area (Å²) in [7, 11) is 0. The topological polar surface area (TPSA) is 58.2 Å². The van der Waals surface area contributed by atoms with Gasteiger partial charge in [0.1, 0.15) is 6.04 Å². The Morgan fingerprint density at radius 1 is 1.22 bits per heavy atom. The predicted octanol–water partition coefficient (Wildman–Crippen LogP) is 4.21. The fourth-order valence-corrected chi connectivity index (χ4v) is 2.97. The molecule has 1 atom stereocenters. The molecule has 0 aliphatic heterocycles. The van der Waals surface area contributed by atoms with Crippen molar-refractivity contribution in [3.63, 3.8) is 0 Å². The van der Waals surface area contributed by atoms with Crippen molar-refractivity contribution in [1.82, 2.24) is 5.32 Å². The molecule has 2 aromatic rings. The van der Waals surface area contributed by atoms with Gasteiger partial charge in [-0.05, 0) is 48.1 Å². The van der Waals surface area contributed by atoms with Gasteiger partial charge in [0.05, 0.1) is 4.88 Å². The molecule has 2 N–H and O–H groups in total. The number of carbonyl (C=O) groups is 2. The second-order valence-electron chi connectivity index (χ2n) is 5.63. The lowest BCUT2D eigenvalue weighted by molar-refractivity contribution is -0.118. The van der Waals surface area contributed by atoms with Gasteiger partial charge >= 0.3 is 0 Å². The average molecular weight is 395 g/mol. The van der Waals surface area contributed by atoms with Gasteiger partial charge in [-0.25, -0.2) is 0 Å². The van der Waals surface area contributed by atoms with Crippen LogP contribution in [0.4, 0.5) is 5.69 Å². The molecule has 0 saturated heterocycles. The maximum atomic E-state index is 12.5. The van der Waals surface area contributed by atoms with E-state index in [1.165, 1.54) is 11.3 Å². The van der Waals surface area contributed by atoms with Crippen LogP contribution in [0.2, 0.25) is 0 Å². The first kappa shape index (κ1) is 17.7. The van der Waals surface area contributed by atoms with Crippen molar-refractivity contribution in [2.75, 3.05) is 5.32 Å². The number of aryl methyl sites for hydroxylation is 1. The Kier molecular flexibility index (Phi) is 5.96. The maximum absolute atomic E-state index is 12.5. The van der Waals surface area contributed by atoms with E-state index in [2.05, 4.69) is 26.6 Å². The number of rotatable bonds is 5. The number of hydrogen-bond donors (Lipinski definition) is 2. The zero-order valence-electron chi connectivity index (χ0n) is 13.2. The van der Waals surface area contributed by atoms with Gasteiger partial charge in [-0.15, -0.1) is 11.3 Å². The van der Waals surface area contributed by atoms with E-state index in [0.29, 0.717) is 10.6 Å². The third-order valence-corrected chi connectivity index (χ3v) is 5.16. The molecule has 23 heavy (non-hydrogen) atoms. The summed E-state index contributed by atoms with van der Waals surface area (Å²) in [5, 5.41) is 7.52. The molecule has 1 heterocycles. The van der Waals surface area contributed by atoms with Crippen LogP contribution in [-0.2, 0) is 4.79 Å². The molecule has 0 spiro atoms. The first-order chi connectivity index (χ1) is 10.9. The summed E-state index contributed by atoms with van der Waals surface area (Å²) in [6.07, 6.45) is 0. The number of carbonyl (C=O) groups excluding carboxylic acids is 2. The fraction of sp³-hybridized carbons (Fsp3) is 0.294. The minimum atomic E-state index is -0.589. The van der Waals surface area contributed by atoms with E-state index in [4.69, 9.17) is 0 Å². The Labute approximate surface area is 148 Å². The minimum absolute atomic E-state index is 0.0181. The Morgan fingerprint density at radius 2 is 1.96 bits per heavy atom. The lowest BCUT2D eigenvalue weighted by Gasteiger charge is -2.21. The van der Waals surface area contributed by atoms with E-state index in [-0.39, 0.29) is 17.7 Å². The molecule has 6 heteroatoms. The van der Waals surface area contributed by atoms with Gasteiger partial charge < -0.3 is 10.6 Å². The van der Waals surface area contributed by atoms with Crippen molar-refractivity contribution in [3.8, 4) is 0 Å². The van der Waals surface area contributed by atoms with Crippen LogP contribution in [0.25, 0.3) is 0 Å². The van der Waals surface area contributed by atoms with Crippen LogP contribution in [0.15, 0.2) is 40.2 Å². The highest BCUT2D eigenvalue weighted by atomic mass is 79.9. The first-order valence-electron chi connectivity index (χ1n) is 7.30. The number of hydrogen-bond acceptors (Lipinski definition) is 3. The first-order valence-corrected chi connectivity index (χ1v) is 8.97. The van der Waals surface area contributed by atoms with Gasteiger partial charge in [-0.3, -0.25) is 9.59 Å². The summed E-state index contributed by atoms with van der Waals surface area (Å²) < 4.78 is 0.988. The second kappa shape index (κ2) is 7.75. The van der Waals surface area contributed by atoms with E-state index < -0.39 is 6.04 Å². The van der Waals surface area contributed by atoms with Gasteiger partial charge in [0.15, 0.2) is 0 Å². The van der Waals surface area contributed by atoms with E-state index >= 15 is 0 Å². The lowest BCUT2D eigenvalue weighted by atomic mass is 10.0. The van der Waals surface area contributed by atoms with Gasteiger partial charge in [-0.2, -0.15) is 0 Å². The molecule has 2 rings (SSSR count). The standard InChI is InChI=1S/C17H19BrN2O2S/c1-10(2)15(20-16(21)14-5-4-8-23-14)17(22)19-12-6-7-13(18)11(3)9-12/h4-10,15H,1-3H3,(H,19,22)(H,20,21)/t15-/m1/s1. The predicted molar refractivity (Wildman–Crippen MR) is 97.9 cm³/mol. The maximum Gasteiger partial charge on any atom is 0.262 e. The summed E-state index contributed by atoms with van der Waals surface area (Å²) in [6.45, 7) is 5.77. The van der Waals surface area contributed by atoms with Crippen LogP contribution in [-0.4, -0.2) is 17.9 Å². The number of halogens is 1. The highest BCUT2D eigenvalue weighted by Gasteiger charge is 2.25. The number of amides is 2. The van der Waals surface area contributed by atoms with Crippen molar-refractivity contribution in [2.24, 2.45) is 5.92 Å². The van der Waals surface area contributed by atoms with E-state index in [1.807, 2.05) is 50.4 Å². The van der Waals surface area contributed by atoms with E-state index in [9.17, 15) is 9.59 Å². The molecule has 1 aromatic heterocycles. The third-order valence-electron chi connectivity index (χ3n) is 3.41. The molecular weight excluding hydrogens is 376 g/mol. The zero-order chi connectivity index (χ0) is 17.0. The summed E-state index contributed by atoms with van der Waals surface area (Å²) in [5.41, 5.74) is 1.75. The van der Waals surface area contributed by atoms with Crippen LogP contribution in [0.5, 0.6) is 0 Å². The molecule has 122 valence electrons. The summed E-state index contributed by atoms with van der Waals surface area (Å²) in [4.78, 5) is 25.3. The van der Waals surface area contributed by atoms with Crippen molar-refractivity contribution >= 4 is 44.8 Å². The van der Waals surface area contributed by atoms with Crippen molar-refractivity contribution in [2.45, 2.75) is 26.8 Å². The molecule has 0 aliphatic carbocycles. The van der Waals surface area contributed by atoms with Crippen LogP contribution < -0.4 is 10.6 Å². The van der Waals surface area contributed by atoms with E-state index in [0.717, 1.165) is 10.0 Å². The molecule has 0 bridgehead atoms. The zero-order valence-corrected chi connectivity index (χ0v) is 15.6. The van der Waals surface area contributed by atoms with Crippen molar-refractivity contribution in [3.05, 3.63) is 50.6 Å². The Balaban J connectivity index is 2.09. The Morgan fingerprint density at radius 3 is 2.52 bits per heavy atom. The highest BCUT2D eigenvalue weighted by molar-refractivity contribution is 9.10. The second-order valence-corrected chi connectivity index (χ2v) is 7.43. The summed E-state index contributed by atoms with van der Waals surface area (Å²) >= 11 is 4.79. The minimum Gasteiger partial charge on any atom is -0.339 e.